The van der Waals surface area contributed by atoms with Crippen molar-refractivity contribution in [3.8, 4) is 11.5 Å². The van der Waals surface area contributed by atoms with Gasteiger partial charge in [-0.2, -0.15) is 11.3 Å². The van der Waals surface area contributed by atoms with Crippen molar-refractivity contribution in [2.45, 2.75) is 0 Å². The summed E-state index contributed by atoms with van der Waals surface area (Å²) in [7, 11) is -0.903. The van der Waals surface area contributed by atoms with Crippen LogP contribution in [0.2, 0.25) is 0 Å². The van der Waals surface area contributed by atoms with Gasteiger partial charge < -0.3 is 4.74 Å². The molecule has 3 heteroatoms. The molecule has 1 aliphatic rings. The Labute approximate surface area is 117 Å². The quantitative estimate of drug-likeness (QED) is 0.486. The van der Waals surface area contributed by atoms with E-state index >= 15 is 0 Å². The van der Waals surface area contributed by atoms with Gasteiger partial charge in [-0.05, 0) is 32.4 Å². The normalized spacial score (nSPS) is 13.5. The molecule has 1 aromatic heterocycles. The number of thiophene rings is 1. The van der Waals surface area contributed by atoms with Crippen LogP contribution in [-0.2, 0) is 0 Å². The van der Waals surface area contributed by atoms with Crippen molar-refractivity contribution in [2.75, 3.05) is 0 Å². The van der Waals surface area contributed by atoms with Gasteiger partial charge in [-0.3, -0.25) is 0 Å². The van der Waals surface area contributed by atoms with Crippen molar-refractivity contribution in [3.63, 3.8) is 0 Å². The predicted molar refractivity (Wildman–Crippen MR) is 81.9 cm³/mol. The van der Waals surface area contributed by atoms with Gasteiger partial charge in [0.05, 0.1) is 0 Å². The van der Waals surface area contributed by atoms with Crippen LogP contribution in [0.15, 0.2) is 66.0 Å². The number of benzene rings is 2. The highest BCUT2D eigenvalue weighted by atomic mass is 32.1. The van der Waals surface area contributed by atoms with Crippen LogP contribution in [0.5, 0.6) is 11.5 Å². The second-order valence-electron chi connectivity index (χ2n) is 4.45. The van der Waals surface area contributed by atoms with E-state index in [1.165, 1.54) is 14.9 Å². The van der Waals surface area contributed by atoms with E-state index in [9.17, 15) is 0 Å². The Hall–Kier alpha value is -1.84. The van der Waals surface area contributed by atoms with Gasteiger partial charge in [0.15, 0.2) is 8.80 Å². The van der Waals surface area contributed by atoms with Crippen molar-refractivity contribution >= 4 is 35.0 Å². The third kappa shape index (κ3) is 1.74. The van der Waals surface area contributed by atoms with E-state index in [2.05, 4.69) is 53.9 Å². The maximum atomic E-state index is 6.04. The summed E-state index contributed by atoms with van der Waals surface area (Å²) in [5.74, 6) is 2.03. The molecule has 0 saturated heterocycles. The SMILES string of the molecule is c1csc([Si]2c3ccccc3Oc3ccccc32)c1. The summed E-state index contributed by atoms with van der Waals surface area (Å²) in [4.78, 5) is 0. The average molecular weight is 279 g/mol. The molecule has 0 amide bonds. The molecular weight excluding hydrogens is 268 g/mol. The minimum absolute atomic E-state index is 0.903. The summed E-state index contributed by atoms with van der Waals surface area (Å²) in [5.41, 5.74) is 0. The fraction of sp³-hybridized carbons (Fsp3) is 0. The molecule has 1 aliphatic heterocycles. The molecule has 2 aromatic carbocycles. The zero-order valence-electron chi connectivity index (χ0n) is 10.2. The van der Waals surface area contributed by atoms with Gasteiger partial charge in [0.1, 0.15) is 11.5 Å². The predicted octanol–water partition coefficient (Wildman–Crippen LogP) is 2.37. The fourth-order valence-corrected chi connectivity index (χ4v) is 6.64. The lowest BCUT2D eigenvalue weighted by atomic mass is 10.3. The summed E-state index contributed by atoms with van der Waals surface area (Å²) < 4.78 is 7.50. The molecule has 0 spiro atoms. The Morgan fingerprint density at radius 1 is 0.737 bits per heavy atom. The van der Waals surface area contributed by atoms with E-state index in [0.717, 1.165) is 11.5 Å². The number of para-hydroxylation sites is 2. The topological polar surface area (TPSA) is 9.23 Å². The summed E-state index contributed by atoms with van der Waals surface area (Å²) in [5, 5.41) is 4.87. The molecule has 0 atom stereocenters. The van der Waals surface area contributed by atoms with Crippen molar-refractivity contribution in [1.82, 2.24) is 0 Å². The largest absolute Gasteiger partial charge is 0.458 e. The lowest BCUT2D eigenvalue weighted by Crippen LogP contribution is -2.53. The van der Waals surface area contributed by atoms with Crippen molar-refractivity contribution in [2.24, 2.45) is 0 Å². The number of hydrogen-bond donors (Lipinski definition) is 0. The number of hydrogen-bond acceptors (Lipinski definition) is 2. The molecule has 1 radical (unpaired) electrons. The number of fused-ring (bicyclic) bond motifs is 2. The van der Waals surface area contributed by atoms with Crippen LogP contribution in [0.1, 0.15) is 0 Å². The van der Waals surface area contributed by atoms with Gasteiger partial charge in [-0.1, -0.05) is 48.5 Å². The highest BCUT2D eigenvalue weighted by Gasteiger charge is 2.30. The summed E-state index contributed by atoms with van der Waals surface area (Å²) in [6.45, 7) is 0. The Kier molecular flexibility index (Phi) is 2.53. The molecule has 0 saturated carbocycles. The third-order valence-electron chi connectivity index (χ3n) is 3.30. The van der Waals surface area contributed by atoms with E-state index in [1.807, 2.05) is 23.5 Å². The molecule has 1 nitrogen and oxygen atoms in total. The molecule has 3 aromatic rings. The van der Waals surface area contributed by atoms with E-state index in [0.29, 0.717) is 0 Å². The maximum Gasteiger partial charge on any atom is 0.177 e. The van der Waals surface area contributed by atoms with E-state index in [1.54, 1.807) is 0 Å². The highest BCUT2D eigenvalue weighted by molar-refractivity contribution is 7.26. The van der Waals surface area contributed by atoms with Crippen LogP contribution < -0.4 is 19.6 Å². The van der Waals surface area contributed by atoms with Crippen LogP contribution in [0.25, 0.3) is 0 Å². The summed E-state index contributed by atoms with van der Waals surface area (Å²) in [6.07, 6.45) is 0. The van der Waals surface area contributed by atoms with Crippen LogP contribution in [-0.4, -0.2) is 8.80 Å². The first-order valence-corrected chi connectivity index (χ1v) is 8.59. The molecule has 2 heterocycles. The van der Waals surface area contributed by atoms with Crippen molar-refractivity contribution in [3.05, 3.63) is 66.0 Å². The Bertz CT molecular complexity index is 676. The van der Waals surface area contributed by atoms with E-state index < -0.39 is 8.80 Å². The third-order valence-corrected chi connectivity index (χ3v) is 7.51. The first-order chi connectivity index (χ1) is 9.43. The van der Waals surface area contributed by atoms with Gasteiger partial charge in [0.25, 0.3) is 0 Å². The zero-order chi connectivity index (χ0) is 12.7. The van der Waals surface area contributed by atoms with Gasteiger partial charge >= 0.3 is 0 Å². The van der Waals surface area contributed by atoms with Gasteiger partial charge in [-0.25, -0.2) is 0 Å². The average Bonchev–Trinajstić information content (AvgIpc) is 2.98. The van der Waals surface area contributed by atoms with Gasteiger partial charge in [-0.15, -0.1) is 0 Å². The monoisotopic (exact) mass is 279 g/mol. The van der Waals surface area contributed by atoms with Crippen LogP contribution in [0.3, 0.4) is 0 Å². The highest BCUT2D eigenvalue weighted by Crippen LogP contribution is 2.24. The molecule has 0 fully saturated rings. The maximum absolute atomic E-state index is 6.04. The van der Waals surface area contributed by atoms with Crippen LogP contribution >= 0.6 is 11.3 Å². The molecule has 0 N–H and O–H groups in total. The number of rotatable bonds is 1. The molecule has 0 unspecified atom stereocenters. The fourth-order valence-electron chi connectivity index (χ4n) is 2.47. The van der Waals surface area contributed by atoms with Crippen LogP contribution in [0, 0.1) is 0 Å². The Balaban J connectivity index is 1.98. The first-order valence-electron chi connectivity index (χ1n) is 6.21. The lowest BCUT2D eigenvalue weighted by Gasteiger charge is -2.26. The second-order valence-corrected chi connectivity index (χ2v) is 8.12. The smallest absolute Gasteiger partial charge is 0.177 e. The van der Waals surface area contributed by atoms with E-state index in [4.69, 9.17) is 4.74 Å². The minimum atomic E-state index is -0.903. The molecule has 91 valence electrons. The summed E-state index contributed by atoms with van der Waals surface area (Å²) in [6, 6.07) is 21.2. The van der Waals surface area contributed by atoms with Crippen molar-refractivity contribution < 1.29 is 4.74 Å². The minimum Gasteiger partial charge on any atom is -0.458 e. The Morgan fingerprint density at radius 3 is 1.95 bits per heavy atom. The lowest BCUT2D eigenvalue weighted by molar-refractivity contribution is 0.487. The van der Waals surface area contributed by atoms with Gasteiger partial charge in [0, 0.05) is 0 Å². The molecule has 4 rings (SSSR count). The number of ether oxygens (including phenoxy) is 1. The van der Waals surface area contributed by atoms with Crippen molar-refractivity contribution in [1.29, 1.82) is 0 Å². The zero-order valence-corrected chi connectivity index (χ0v) is 12.0. The standard InChI is InChI=1S/C16H11OSSi/c1-3-8-14-12(6-1)17-13-7-2-4-9-15(13)19(14)16-10-5-11-18-16/h1-11H. The molecule has 0 aliphatic carbocycles. The second kappa shape index (κ2) is 4.37. The molecule has 0 bridgehead atoms. The summed E-state index contributed by atoms with van der Waals surface area (Å²) >= 11 is 1.85. The van der Waals surface area contributed by atoms with Crippen LogP contribution in [0.4, 0.5) is 0 Å². The first kappa shape index (κ1) is 11.0. The Morgan fingerprint density at radius 2 is 1.37 bits per heavy atom. The molecule has 19 heavy (non-hydrogen) atoms. The molecular formula is C16H11OSSi. The van der Waals surface area contributed by atoms with Gasteiger partial charge in [0.2, 0.25) is 0 Å². The van der Waals surface area contributed by atoms with E-state index in [-0.39, 0.29) is 0 Å².